The average Bonchev–Trinajstić information content (AvgIpc) is 2.43. The summed E-state index contributed by atoms with van der Waals surface area (Å²) in [7, 11) is 0. The standard InChI is InChI=1S/C17H19I2N/c1-5-15(10-11-18)8-9-16(19)20-17-13(3)7-6-12(2)14(17)4/h5-11H,1-4H3/b9-8+,11-10-,15-5-,20-16-. The Balaban J connectivity index is 3.07. The van der Waals surface area contributed by atoms with E-state index in [9.17, 15) is 0 Å². The van der Waals surface area contributed by atoms with Crippen LogP contribution in [0.2, 0.25) is 0 Å². The summed E-state index contributed by atoms with van der Waals surface area (Å²) in [6.07, 6.45) is 8.29. The molecule has 1 aromatic carbocycles. The molecule has 1 nitrogen and oxygen atoms in total. The van der Waals surface area contributed by atoms with Crippen molar-refractivity contribution in [2.75, 3.05) is 0 Å². The van der Waals surface area contributed by atoms with Crippen LogP contribution in [0.1, 0.15) is 23.6 Å². The lowest BCUT2D eigenvalue weighted by molar-refractivity contribution is 1.27. The molecule has 0 saturated heterocycles. The van der Waals surface area contributed by atoms with Gasteiger partial charge in [-0.2, -0.15) is 0 Å². The molecule has 0 aromatic heterocycles. The Hall–Kier alpha value is -0.430. The zero-order valence-electron chi connectivity index (χ0n) is 12.2. The number of aliphatic imine (C=N–C) groups is 1. The number of hydrogen-bond acceptors (Lipinski definition) is 1. The fraction of sp³-hybridized carbons (Fsp3) is 0.235. The van der Waals surface area contributed by atoms with Crippen LogP contribution < -0.4 is 0 Å². The number of allylic oxidation sites excluding steroid dienone is 5. The van der Waals surface area contributed by atoms with Crippen molar-refractivity contribution >= 4 is 54.6 Å². The number of nitrogens with zero attached hydrogens (tertiary/aromatic N) is 1. The highest BCUT2D eigenvalue weighted by Crippen LogP contribution is 2.27. The second-order valence-corrected chi connectivity index (χ2v) is 6.35. The fourth-order valence-electron chi connectivity index (χ4n) is 1.74. The lowest BCUT2D eigenvalue weighted by Crippen LogP contribution is -1.87. The Kier molecular flexibility index (Phi) is 7.72. The third-order valence-electron chi connectivity index (χ3n) is 3.12. The van der Waals surface area contributed by atoms with E-state index in [1.54, 1.807) is 0 Å². The summed E-state index contributed by atoms with van der Waals surface area (Å²) in [6, 6.07) is 4.28. The topological polar surface area (TPSA) is 12.4 Å². The number of benzene rings is 1. The molecule has 0 radical (unpaired) electrons. The first kappa shape index (κ1) is 17.6. The maximum absolute atomic E-state index is 4.75. The molecule has 0 aliphatic heterocycles. The highest BCUT2D eigenvalue weighted by molar-refractivity contribution is 14.1. The average molecular weight is 491 g/mol. The summed E-state index contributed by atoms with van der Waals surface area (Å²) in [5, 5.41) is 0. The molecule has 0 N–H and O–H groups in total. The van der Waals surface area contributed by atoms with Crippen LogP contribution in [0.15, 0.2) is 51.1 Å². The molecule has 0 aliphatic carbocycles. The summed E-state index contributed by atoms with van der Waals surface area (Å²) < 4.78 is 3.00. The van der Waals surface area contributed by atoms with Crippen molar-refractivity contribution in [3.63, 3.8) is 0 Å². The molecule has 0 unspecified atom stereocenters. The van der Waals surface area contributed by atoms with Gasteiger partial charge in [-0.25, -0.2) is 4.99 Å². The van der Waals surface area contributed by atoms with Crippen molar-refractivity contribution in [2.24, 2.45) is 4.99 Å². The van der Waals surface area contributed by atoms with Crippen LogP contribution in [0, 0.1) is 20.8 Å². The van der Waals surface area contributed by atoms with Crippen LogP contribution in [0.5, 0.6) is 0 Å². The SMILES string of the molecule is C/C=C(\C=C/I)/C=C/C(I)=N/c1c(C)ccc(C)c1C. The van der Waals surface area contributed by atoms with E-state index < -0.39 is 0 Å². The Morgan fingerprint density at radius 3 is 2.30 bits per heavy atom. The van der Waals surface area contributed by atoms with E-state index >= 15 is 0 Å². The predicted molar refractivity (Wildman–Crippen MR) is 108 cm³/mol. The van der Waals surface area contributed by atoms with Gasteiger partial charge < -0.3 is 0 Å². The molecular weight excluding hydrogens is 472 g/mol. The Morgan fingerprint density at radius 2 is 1.70 bits per heavy atom. The number of aryl methyl sites for hydroxylation is 2. The van der Waals surface area contributed by atoms with E-state index in [2.05, 4.69) is 96.3 Å². The lowest BCUT2D eigenvalue weighted by atomic mass is 10.0. The van der Waals surface area contributed by atoms with Crippen molar-refractivity contribution in [3.8, 4) is 0 Å². The van der Waals surface area contributed by atoms with Crippen molar-refractivity contribution in [3.05, 3.63) is 62.8 Å². The number of hydrogen-bond donors (Lipinski definition) is 0. The second kappa shape index (κ2) is 8.77. The van der Waals surface area contributed by atoms with E-state index in [-0.39, 0.29) is 0 Å². The third kappa shape index (κ3) is 5.16. The Labute approximate surface area is 149 Å². The molecule has 0 saturated carbocycles. The highest BCUT2D eigenvalue weighted by Gasteiger charge is 2.04. The molecule has 0 spiro atoms. The first-order valence-electron chi connectivity index (χ1n) is 6.41. The molecule has 1 rings (SSSR count). The molecule has 3 heteroatoms. The Morgan fingerprint density at radius 1 is 1.05 bits per heavy atom. The molecule has 0 atom stereocenters. The molecule has 106 valence electrons. The zero-order valence-corrected chi connectivity index (χ0v) is 16.6. The summed E-state index contributed by atoms with van der Waals surface area (Å²) in [5.41, 5.74) is 6.02. The van der Waals surface area contributed by atoms with Crippen LogP contribution in [-0.4, -0.2) is 3.72 Å². The first-order chi connectivity index (χ1) is 9.49. The summed E-state index contributed by atoms with van der Waals surface area (Å²) in [5.74, 6) is 0. The van der Waals surface area contributed by atoms with Crippen LogP contribution >= 0.6 is 45.2 Å². The van der Waals surface area contributed by atoms with E-state index in [4.69, 9.17) is 4.99 Å². The van der Waals surface area contributed by atoms with Gasteiger partial charge in [-0.05, 0) is 88.8 Å². The molecular formula is C17H19I2N. The zero-order chi connectivity index (χ0) is 15.1. The summed E-state index contributed by atoms with van der Waals surface area (Å²) in [6.45, 7) is 8.40. The molecule has 0 amide bonds. The highest BCUT2D eigenvalue weighted by atomic mass is 127. The maximum Gasteiger partial charge on any atom is 0.102 e. The van der Waals surface area contributed by atoms with Gasteiger partial charge in [-0.1, -0.05) is 46.9 Å². The number of halogens is 2. The van der Waals surface area contributed by atoms with Gasteiger partial charge in [0.05, 0.1) is 5.69 Å². The fourth-order valence-corrected chi connectivity index (χ4v) is 2.57. The molecule has 0 aliphatic rings. The van der Waals surface area contributed by atoms with Crippen molar-refractivity contribution < 1.29 is 0 Å². The van der Waals surface area contributed by atoms with Gasteiger partial charge in [-0.15, -0.1) is 0 Å². The van der Waals surface area contributed by atoms with Gasteiger partial charge in [0, 0.05) is 0 Å². The Bertz CT molecular complexity index is 593. The minimum atomic E-state index is 0.987. The van der Waals surface area contributed by atoms with Crippen molar-refractivity contribution in [1.29, 1.82) is 0 Å². The van der Waals surface area contributed by atoms with Crippen molar-refractivity contribution in [1.82, 2.24) is 0 Å². The van der Waals surface area contributed by atoms with Crippen LogP contribution in [0.3, 0.4) is 0 Å². The van der Waals surface area contributed by atoms with Gasteiger partial charge >= 0.3 is 0 Å². The first-order valence-corrected chi connectivity index (χ1v) is 8.74. The predicted octanol–water partition coefficient (Wildman–Crippen LogP) is 6.53. The largest absolute Gasteiger partial charge is 0.242 e. The quantitative estimate of drug-likeness (QED) is 0.258. The van der Waals surface area contributed by atoms with Crippen LogP contribution in [0.25, 0.3) is 0 Å². The van der Waals surface area contributed by atoms with E-state index in [0.717, 1.165) is 9.41 Å². The van der Waals surface area contributed by atoms with Crippen LogP contribution in [0.4, 0.5) is 5.69 Å². The van der Waals surface area contributed by atoms with Gasteiger partial charge in [0.1, 0.15) is 3.72 Å². The van der Waals surface area contributed by atoms with Gasteiger partial charge in [-0.3, -0.25) is 0 Å². The molecule has 0 fully saturated rings. The minimum Gasteiger partial charge on any atom is -0.242 e. The van der Waals surface area contributed by atoms with Gasteiger partial charge in [0.15, 0.2) is 0 Å². The van der Waals surface area contributed by atoms with E-state index in [1.165, 1.54) is 22.3 Å². The third-order valence-corrected chi connectivity index (χ3v) is 4.08. The van der Waals surface area contributed by atoms with Gasteiger partial charge in [0.25, 0.3) is 0 Å². The molecule has 0 heterocycles. The monoisotopic (exact) mass is 491 g/mol. The minimum absolute atomic E-state index is 0.987. The lowest BCUT2D eigenvalue weighted by Gasteiger charge is -2.07. The summed E-state index contributed by atoms with van der Waals surface area (Å²) in [4.78, 5) is 4.75. The molecule has 0 bridgehead atoms. The normalized spacial score (nSPS) is 13.7. The number of rotatable bonds is 4. The van der Waals surface area contributed by atoms with E-state index in [0.29, 0.717) is 0 Å². The molecule has 20 heavy (non-hydrogen) atoms. The smallest absolute Gasteiger partial charge is 0.102 e. The second-order valence-electron chi connectivity index (χ2n) is 4.52. The van der Waals surface area contributed by atoms with E-state index in [1.807, 2.05) is 17.1 Å². The van der Waals surface area contributed by atoms with Gasteiger partial charge in [0.2, 0.25) is 0 Å². The maximum atomic E-state index is 4.75. The summed E-state index contributed by atoms with van der Waals surface area (Å²) >= 11 is 4.50. The molecule has 1 aromatic rings. The van der Waals surface area contributed by atoms with Crippen LogP contribution in [-0.2, 0) is 0 Å². The van der Waals surface area contributed by atoms with Crippen molar-refractivity contribution in [2.45, 2.75) is 27.7 Å².